The van der Waals surface area contributed by atoms with Gasteiger partial charge in [0.25, 0.3) is 0 Å². The lowest BCUT2D eigenvalue weighted by atomic mass is 9.89. The van der Waals surface area contributed by atoms with Crippen LogP contribution in [0.15, 0.2) is 30.3 Å². The summed E-state index contributed by atoms with van der Waals surface area (Å²) < 4.78 is 0. The van der Waals surface area contributed by atoms with Gasteiger partial charge in [-0.2, -0.15) is 0 Å². The lowest BCUT2D eigenvalue weighted by Gasteiger charge is -2.38. The smallest absolute Gasteiger partial charge is 0.0218 e. The third kappa shape index (κ3) is 4.32. The number of likely N-dealkylation sites (tertiary alicyclic amines) is 1. The van der Waals surface area contributed by atoms with Gasteiger partial charge in [-0.05, 0) is 64.2 Å². The fourth-order valence-electron chi connectivity index (χ4n) is 3.32. The van der Waals surface area contributed by atoms with Crippen molar-refractivity contribution in [2.24, 2.45) is 5.92 Å². The third-order valence-electron chi connectivity index (χ3n) is 4.84. The van der Waals surface area contributed by atoms with Crippen molar-refractivity contribution in [3.63, 3.8) is 0 Å². The van der Waals surface area contributed by atoms with Gasteiger partial charge >= 0.3 is 0 Å². The van der Waals surface area contributed by atoms with Crippen LogP contribution in [-0.4, -0.2) is 36.6 Å². The van der Waals surface area contributed by atoms with E-state index in [2.05, 4.69) is 61.3 Å². The van der Waals surface area contributed by atoms with Crippen molar-refractivity contribution in [2.75, 3.05) is 19.6 Å². The molecule has 1 aliphatic heterocycles. The molecule has 112 valence electrons. The molecule has 1 saturated heterocycles. The summed E-state index contributed by atoms with van der Waals surface area (Å²) in [6.07, 6.45) is 3.95. The van der Waals surface area contributed by atoms with Gasteiger partial charge in [0.1, 0.15) is 0 Å². The van der Waals surface area contributed by atoms with E-state index in [4.69, 9.17) is 0 Å². The average molecular weight is 274 g/mol. The SMILES string of the molecule is CCNC(C)C(C)N1CCC(Cc2ccccc2)CC1. The molecule has 2 atom stereocenters. The van der Waals surface area contributed by atoms with Crippen molar-refractivity contribution < 1.29 is 0 Å². The Morgan fingerprint density at radius 2 is 1.80 bits per heavy atom. The fraction of sp³-hybridized carbons (Fsp3) is 0.667. The monoisotopic (exact) mass is 274 g/mol. The molecule has 1 N–H and O–H groups in total. The van der Waals surface area contributed by atoms with Gasteiger partial charge in [0.05, 0.1) is 0 Å². The van der Waals surface area contributed by atoms with Crippen LogP contribution in [0.1, 0.15) is 39.2 Å². The molecule has 1 fully saturated rings. The van der Waals surface area contributed by atoms with Crippen LogP contribution in [0.25, 0.3) is 0 Å². The Kier molecular flexibility index (Phi) is 6.06. The molecule has 0 spiro atoms. The summed E-state index contributed by atoms with van der Waals surface area (Å²) >= 11 is 0. The van der Waals surface area contributed by atoms with Crippen molar-refractivity contribution in [3.8, 4) is 0 Å². The van der Waals surface area contributed by atoms with Gasteiger partial charge in [0.2, 0.25) is 0 Å². The second-order valence-electron chi connectivity index (χ2n) is 6.26. The number of hydrogen-bond acceptors (Lipinski definition) is 2. The van der Waals surface area contributed by atoms with Crippen molar-refractivity contribution >= 4 is 0 Å². The highest BCUT2D eigenvalue weighted by Gasteiger charge is 2.25. The molecule has 1 aromatic rings. The predicted molar refractivity (Wildman–Crippen MR) is 87.0 cm³/mol. The number of hydrogen-bond donors (Lipinski definition) is 1. The van der Waals surface area contributed by atoms with Gasteiger partial charge in [-0.25, -0.2) is 0 Å². The zero-order valence-corrected chi connectivity index (χ0v) is 13.3. The van der Waals surface area contributed by atoms with E-state index >= 15 is 0 Å². The summed E-state index contributed by atoms with van der Waals surface area (Å²) in [5.41, 5.74) is 1.50. The molecule has 0 radical (unpaired) electrons. The Labute approximate surface area is 124 Å². The molecule has 0 amide bonds. The maximum absolute atomic E-state index is 3.55. The standard InChI is InChI=1S/C18H30N2/c1-4-19-15(2)16(3)20-12-10-18(11-13-20)14-17-8-6-5-7-9-17/h5-9,15-16,18-19H,4,10-14H2,1-3H3. The first-order valence-corrected chi connectivity index (χ1v) is 8.22. The molecule has 0 aliphatic carbocycles. The Hall–Kier alpha value is -0.860. The Morgan fingerprint density at radius 3 is 2.40 bits per heavy atom. The van der Waals surface area contributed by atoms with Crippen LogP contribution in [0.3, 0.4) is 0 Å². The summed E-state index contributed by atoms with van der Waals surface area (Å²) in [6, 6.07) is 12.2. The molecule has 1 aromatic carbocycles. The number of benzene rings is 1. The molecule has 1 heterocycles. The molecule has 0 saturated carbocycles. The summed E-state index contributed by atoms with van der Waals surface area (Å²) in [5.74, 6) is 0.871. The number of nitrogens with one attached hydrogen (secondary N) is 1. The zero-order chi connectivity index (χ0) is 14.4. The summed E-state index contributed by atoms with van der Waals surface area (Å²) in [6.45, 7) is 10.4. The van der Waals surface area contributed by atoms with Crippen LogP contribution < -0.4 is 5.32 Å². The van der Waals surface area contributed by atoms with Crippen LogP contribution >= 0.6 is 0 Å². The van der Waals surface area contributed by atoms with E-state index in [1.54, 1.807) is 0 Å². The predicted octanol–water partition coefficient (Wildman–Crippen LogP) is 3.33. The Bertz CT molecular complexity index is 368. The van der Waals surface area contributed by atoms with E-state index in [0.29, 0.717) is 12.1 Å². The highest BCUT2D eigenvalue weighted by molar-refractivity contribution is 5.15. The Balaban J connectivity index is 1.77. The molecule has 2 nitrogen and oxygen atoms in total. The second kappa shape index (κ2) is 7.80. The second-order valence-corrected chi connectivity index (χ2v) is 6.26. The number of likely N-dealkylation sites (N-methyl/N-ethyl adjacent to an activating group) is 1. The van der Waals surface area contributed by atoms with Gasteiger partial charge in [0.15, 0.2) is 0 Å². The molecule has 2 heteroatoms. The molecular formula is C18H30N2. The summed E-state index contributed by atoms with van der Waals surface area (Å²) in [4.78, 5) is 2.66. The van der Waals surface area contributed by atoms with Gasteiger partial charge in [-0.15, -0.1) is 0 Å². The zero-order valence-electron chi connectivity index (χ0n) is 13.3. The number of piperidine rings is 1. The molecule has 0 bridgehead atoms. The lowest BCUT2D eigenvalue weighted by Crippen LogP contribution is -2.49. The minimum atomic E-state index is 0.589. The maximum atomic E-state index is 3.55. The maximum Gasteiger partial charge on any atom is 0.0218 e. The van der Waals surface area contributed by atoms with E-state index in [-0.39, 0.29) is 0 Å². The first-order chi connectivity index (χ1) is 9.70. The van der Waals surface area contributed by atoms with Crippen LogP contribution in [-0.2, 0) is 6.42 Å². The minimum absolute atomic E-state index is 0.589. The van der Waals surface area contributed by atoms with Gasteiger partial charge in [-0.1, -0.05) is 37.3 Å². The van der Waals surface area contributed by atoms with Crippen molar-refractivity contribution in [1.29, 1.82) is 0 Å². The fourth-order valence-corrected chi connectivity index (χ4v) is 3.32. The largest absolute Gasteiger partial charge is 0.313 e. The van der Waals surface area contributed by atoms with Gasteiger partial charge < -0.3 is 5.32 Å². The van der Waals surface area contributed by atoms with E-state index in [1.807, 2.05) is 0 Å². The third-order valence-corrected chi connectivity index (χ3v) is 4.84. The van der Waals surface area contributed by atoms with Crippen LogP contribution in [0, 0.1) is 5.92 Å². The molecule has 2 unspecified atom stereocenters. The molecule has 20 heavy (non-hydrogen) atoms. The van der Waals surface area contributed by atoms with E-state index in [1.165, 1.54) is 37.9 Å². The van der Waals surface area contributed by atoms with E-state index < -0.39 is 0 Å². The first-order valence-electron chi connectivity index (χ1n) is 8.22. The lowest BCUT2D eigenvalue weighted by molar-refractivity contribution is 0.120. The Morgan fingerprint density at radius 1 is 1.15 bits per heavy atom. The molecule has 0 aromatic heterocycles. The minimum Gasteiger partial charge on any atom is -0.313 e. The number of nitrogens with zero attached hydrogens (tertiary/aromatic N) is 1. The van der Waals surface area contributed by atoms with Gasteiger partial charge in [-0.3, -0.25) is 4.90 Å². The summed E-state index contributed by atoms with van der Waals surface area (Å²) in [7, 11) is 0. The van der Waals surface area contributed by atoms with Crippen LogP contribution in [0.5, 0.6) is 0 Å². The van der Waals surface area contributed by atoms with Crippen molar-refractivity contribution in [3.05, 3.63) is 35.9 Å². The topological polar surface area (TPSA) is 15.3 Å². The van der Waals surface area contributed by atoms with E-state index in [9.17, 15) is 0 Å². The normalized spacial score (nSPS) is 20.8. The highest BCUT2D eigenvalue weighted by Crippen LogP contribution is 2.23. The quantitative estimate of drug-likeness (QED) is 0.856. The molecule has 1 aliphatic rings. The van der Waals surface area contributed by atoms with Crippen molar-refractivity contribution in [1.82, 2.24) is 10.2 Å². The summed E-state index contributed by atoms with van der Waals surface area (Å²) in [5, 5.41) is 3.55. The molecule has 2 rings (SSSR count). The first kappa shape index (κ1) is 15.5. The number of rotatable bonds is 6. The van der Waals surface area contributed by atoms with Crippen LogP contribution in [0.2, 0.25) is 0 Å². The van der Waals surface area contributed by atoms with Crippen LogP contribution in [0.4, 0.5) is 0 Å². The van der Waals surface area contributed by atoms with Crippen molar-refractivity contribution in [2.45, 2.75) is 52.1 Å². The van der Waals surface area contributed by atoms with Gasteiger partial charge in [0, 0.05) is 12.1 Å². The average Bonchev–Trinajstić information content (AvgIpc) is 2.48. The molecular weight excluding hydrogens is 244 g/mol. The van der Waals surface area contributed by atoms with E-state index in [0.717, 1.165) is 12.5 Å². The highest BCUT2D eigenvalue weighted by atomic mass is 15.2.